The summed E-state index contributed by atoms with van der Waals surface area (Å²) in [5, 5.41) is 13.5. The van der Waals surface area contributed by atoms with Gasteiger partial charge >= 0.3 is 0 Å². The second-order valence-corrected chi connectivity index (χ2v) is 10.00. The van der Waals surface area contributed by atoms with E-state index >= 15 is 0 Å². The second-order valence-electron chi connectivity index (χ2n) is 10.00. The largest absolute Gasteiger partial charge is 0.383 e. The minimum atomic E-state index is -1.01. The van der Waals surface area contributed by atoms with Crippen molar-refractivity contribution in [2.45, 2.75) is 44.6 Å². The number of pyridine rings is 1. The van der Waals surface area contributed by atoms with Gasteiger partial charge in [-0.1, -0.05) is 30.3 Å². The summed E-state index contributed by atoms with van der Waals surface area (Å²) in [7, 11) is 0. The molecule has 1 fully saturated rings. The van der Waals surface area contributed by atoms with Crippen LogP contribution >= 0.6 is 0 Å². The number of aliphatic hydroxyl groups excluding tert-OH is 1. The Labute approximate surface area is 228 Å². The van der Waals surface area contributed by atoms with Crippen LogP contribution in [0.15, 0.2) is 85.5 Å². The predicted octanol–water partition coefficient (Wildman–Crippen LogP) is 4.53. The van der Waals surface area contributed by atoms with Gasteiger partial charge in [0.05, 0.1) is 17.6 Å². The number of aryl methyl sites for hydroxylation is 2. The number of benzene rings is 2. The monoisotopic (exact) mass is 523 g/mol. The molecule has 1 saturated heterocycles. The third-order valence-corrected chi connectivity index (χ3v) is 7.26. The Morgan fingerprint density at radius 1 is 1.03 bits per heavy atom. The summed E-state index contributed by atoms with van der Waals surface area (Å²) in [5.74, 6) is -0.374. The van der Waals surface area contributed by atoms with E-state index < -0.39 is 6.10 Å². The maximum absolute atomic E-state index is 13.3. The first kappa shape index (κ1) is 26.3. The highest BCUT2D eigenvalue weighted by molar-refractivity contribution is 6.05. The van der Waals surface area contributed by atoms with Crippen LogP contribution in [0.3, 0.4) is 0 Å². The molecule has 1 atom stereocenters. The van der Waals surface area contributed by atoms with Gasteiger partial charge in [-0.15, -0.1) is 0 Å². The van der Waals surface area contributed by atoms with E-state index in [1.807, 2.05) is 84.4 Å². The van der Waals surface area contributed by atoms with Gasteiger partial charge in [0.25, 0.3) is 11.8 Å². The lowest BCUT2D eigenvalue weighted by Crippen LogP contribution is -2.44. The van der Waals surface area contributed by atoms with Gasteiger partial charge in [0, 0.05) is 48.5 Å². The normalized spacial score (nSPS) is 14.7. The summed E-state index contributed by atoms with van der Waals surface area (Å²) in [5.41, 5.74) is 4.91. The summed E-state index contributed by atoms with van der Waals surface area (Å²) in [6.07, 6.45) is 6.72. The summed E-state index contributed by atoms with van der Waals surface area (Å²) in [6, 6.07) is 21.1. The van der Waals surface area contributed by atoms with Crippen molar-refractivity contribution in [1.29, 1.82) is 0 Å². The van der Waals surface area contributed by atoms with E-state index in [2.05, 4.69) is 10.3 Å². The first-order valence-corrected chi connectivity index (χ1v) is 13.4. The van der Waals surface area contributed by atoms with Crippen LogP contribution in [0.2, 0.25) is 0 Å². The maximum Gasteiger partial charge on any atom is 0.257 e. The van der Waals surface area contributed by atoms with Crippen LogP contribution in [0, 0.1) is 6.92 Å². The highest BCUT2D eigenvalue weighted by Crippen LogP contribution is 2.30. The quantitative estimate of drug-likeness (QED) is 0.354. The molecule has 8 heteroatoms. The molecular formula is C31H33N5O3. The standard InChI is InChI=1S/C31H33N5O3/c1-22-7-13-27(30(38)34-25-9-11-26(12-10-25)36-20-17-32-21-36)29(33-22)24-15-18-35(19-16-24)31(39)28(37)14-8-23-5-3-2-4-6-23/h2-7,9-13,17,20-21,24,28,37H,8,14-16,18-19H2,1H3,(H,34,38). The van der Waals surface area contributed by atoms with Gasteiger partial charge in [-0.3, -0.25) is 14.6 Å². The molecule has 2 amide bonds. The predicted molar refractivity (Wildman–Crippen MR) is 150 cm³/mol. The summed E-state index contributed by atoms with van der Waals surface area (Å²) < 4.78 is 1.90. The molecule has 0 spiro atoms. The lowest BCUT2D eigenvalue weighted by Gasteiger charge is -2.33. The van der Waals surface area contributed by atoms with Crippen molar-refractivity contribution >= 4 is 17.5 Å². The third-order valence-electron chi connectivity index (χ3n) is 7.26. The molecule has 2 N–H and O–H groups in total. The van der Waals surface area contributed by atoms with Crippen molar-refractivity contribution in [1.82, 2.24) is 19.4 Å². The number of anilines is 1. The third kappa shape index (κ3) is 6.41. The van der Waals surface area contributed by atoms with Gasteiger partial charge in [-0.25, -0.2) is 4.98 Å². The number of imidazole rings is 1. The molecule has 3 heterocycles. The van der Waals surface area contributed by atoms with Gasteiger partial charge in [-0.05, 0) is 74.6 Å². The van der Waals surface area contributed by atoms with Crippen LogP contribution in [0.4, 0.5) is 5.69 Å². The summed E-state index contributed by atoms with van der Waals surface area (Å²) in [4.78, 5) is 36.7. The lowest BCUT2D eigenvalue weighted by molar-refractivity contribution is -0.141. The first-order valence-electron chi connectivity index (χ1n) is 13.4. The number of amides is 2. The number of hydrogen-bond acceptors (Lipinski definition) is 5. The van der Waals surface area contributed by atoms with Crippen molar-refractivity contribution in [2.75, 3.05) is 18.4 Å². The van der Waals surface area contributed by atoms with Crippen LogP contribution in [0.25, 0.3) is 5.69 Å². The minimum Gasteiger partial charge on any atom is -0.383 e. The molecule has 1 aliphatic heterocycles. The van der Waals surface area contributed by atoms with E-state index in [9.17, 15) is 14.7 Å². The van der Waals surface area contributed by atoms with E-state index in [4.69, 9.17) is 4.98 Å². The molecule has 0 saturated carbocycles. The van der Waals surface area contributed by atoms with Crippen LogP contribution in [-0.2, 0) is 11.2 Å². The number of hydrogen-bond donors (Lipinski definition) is 2. The number of nitrogens with zero attached hydrogens (tertiary/aromatic N) is 4. The van der Waals surface area contributed by atoms with E-state index in [1.165, 1.54) is 0 Å². The fourth-order valence-electron chi connectivity index (χ4n) is 5.06. The van der Waals surface area contributed by atoms with Crippen LogP contribution < -0.4 is 5.32 Å². The van der Waals surface area contributed by atoms with Gasteiger partial charge in [0.15, 0.2) is 0 Å². The molecule has 0 aliphatic carbocycles. The van der Waals surface area contributed by atoms with Crippen molar-refractivity contribution in [3.05, 3.63) is 108 Å². The average molecular weight is 524 g/mol. The number of rotatable bonds is 8. The lowest BCUT2D eigenvalue weighted by atomic mass is 9.89. The molecule has 0 bridgehead atoms. The first-order chi connectivity index (χ1) is 19.0. The average Bonchev–Trinajstić information content (AvgIpc) is 3.52. The fraction of sp³-hybridized carbons (Fsp3) is 0.290. The number of carbonyl (C=O) groups is 2. The number of carbonyl (C=O) groups excluding carboxylic acids is 2. The maximum atomic E-state index is 13.3. The van der Waals surface area contributed by atoms with Crippen LogP contribution in [-0.4, -0.2) is 55.5 Å². The van der Waals surface area contributed by atoms with E-state index in [-0.39, 0.29) is 17.7 Å². The Morgan fingerprint density at radius 2 is 1.77 bits per heavy atom. The zero-order valence-electron chi connectivity index (χ0n) is 22.0. The molecule has 1 aliphatic rings. The minimum absolute atomic E-state index is 0.0554. The fourth-order valence-corrected chi connectivity index (χ4v) is 5.06. The van der Waals surface area contributed by atoms with Gasteiger partial charge in [0.1, 0.15) is 6.10 Å². The van der Waals surface area contributed by atoms with Gasteiger partial charge in [-0.2, -0.15) is 0 Å². The summed E-state index contributed by atoms with van der Waals surface area (Å²) >= 11 is 0. The molecule has 39 heavy (non-hydrogen) atoms. The Bertz CT molecular complexity index is 1400. The molecule has 4 aromatic rings. The molecule has 5 rings (SSSR count). The molecule has 200 valence electrons. The Kier molecular flexibility index (Phi) is 8.13. The SMILES string of the molecule is Cc1ccc(C(=O)Nc2ccc(-n3ccnc3)cc2)c(C2CCN(C(=O)C(O)CCc3ccccc3)CC2)n1. The molecule has 8 nitrogen and oxygen atoms in total. The number of likely N-dealkylation sites (tertiary alicyclic amines) is 1. The van der Waals surface area contributed by atoms with Crippen molar-refractivity contribution in [2.24, 2.45) is 0 Å². The molecule has 2 aromatic carbocycles. The number of aromatic nitrogens is 3. The Hall–Kier alpha value is -4.30. The van der Waals surface area contributed by atoms with Gasteiger partial charge < -0.3 is 19.9 Å². The molecule has 0 radical (unpaired) electrons. The Balaban J connectivity index is 1.20. The molecule has 1 unspecified atom stereocenters. The Morgan fingerprint density at radius 3 is 2.46 bits per heavy atom. The van der Waals surface area contributed by atoms with E-state index in [0.29, 0.717) is 50.0 Å². The smallest absolute Gasteiger partial charge is 0.257 e. The van der Waals surface area contributed by atoms with Crippen LogP contribution in [0.5, 0.6) is 0 Å². The zero-order valence-corrected chi connectivity index (χ0v) is 22.0. The summed E-state index contributed by atoms with van der Waals surface area (Å²) in [6.45, 7) is 2.97. The highest BCUT2D eigenvalue weighted by Gasteiger charge is 2.30. The number of nitrogens with one attached hydrogen (secondary N) is 1. The van der Waals surface area contributed by atoms with Crippen LogP contribution in [0.1, 0.15) is 52.5 Å². The second kappa shape index (κ2) is 12.0. The van der Waals surface area contributed by atoms with Crippen molar-refractivity contribution in [3.8, 4) is 5.69 Å². The zero-order chi connectivity index (χ0) is 27.2. The molecular weight excluding hydrogens is 490 g/mol. The highest BCUT2D eigenvalue weighted by atomic mass is 16.3. The van der Waals surface area contributed by atoms with E-state index in [0.717, 1.165) is 22.6 Å². The van der Waals surface area contributed by atoms with Gasteiger partial charge in [0.2, 0.25) is 0 Å². The number of piperidine rings is 1. The van der Waals surface area contributed by atoms with E-state index in [1.54, 1.807) is 17.4 Å². The molecule has 2 aromatic heterocycles. The van der Waals surface area contributed by atoms with Crippen molar-refractivity contribution in [3.63, 3.8) is 0 Å². The van der Waals surface area contributed by atoms with Crippen molar-refractivity contribution < 1.29 is 14.7 Å². The number of aliphatic hydroxyl groups is 1. The topological polar surface area (TPSA) is 100 Å².